The maximum absolute atomic E-state index is 12.8. The third kappa shape index (κ3) is 4.97. The van der Waals surface area contributed by atoms with Crippen molar-refractivity contribution in [3.63, 3.8) is 0 Å². The predicted octanol–water partition coefficient (Wildman–Crippen LogP) is 2.41. The van der Waals surface area contributed by atoms with Crippen molar-refractivity contribution in [3.05, 3.63) is 35.4 Å². The van der Waals surface area contributed by atoms with Gasteiger partial charge in [-0.3, -0.25) is 4.90 Å². The molecule has 1 aromatic carbocycles. The van der Waals surface area contributed by atoms with Gasteiger partial charge in [-0.25, -0.2) is 0 Å². The topological polar surface area (TPSA) is 32.7 Å². The van der Waals surface area contributed by atoms with E-state index >= 15 is 0 Å². The van der Waals surface area contributed by atoms with E-state index in [9.17, 15) is 18.3 Å². The Bertz CT molecular complexity index is 464. The van der Waals surface area contributed by atoms with Crippen LogP contribution in [0.1, 0.15) is 11.1 Å². The summed E-state index contributed by atoms with van der Waals surface area (Å²) in [6, 6.07) is 7.79. The van der Waals surface area contributed by atoms with Gasteiger partial charge in [-0.15, -0.1) is 0 Å². The molecule has 6 heteroatoms. The number of alkyl halides is 3. The number of halogens is 3. The van der Waals surface area contributed by atoms with Gasteiger partial charge in [-0.05, 0) is 18.9 Å². The van der Waals surface area contributed by atoms with E-state index in [1.54, 1.807) is 0 Å². The van der Waals surface area contributed by atoms with E-state index in [0.29, 0.717) is 26.2 Å². The fourth-order valence-electron chi connectivity index (χ4n) is 2.61. The molecule has 1 N–H and O–H groups in total. The summed E-state index contributed by atoms with van der Waals surface area (Å²) in [4.78, 5) is 1.37. The summed E-state index contributed by atoms with van der Waals surface area (Å²) in [5.41, 5.74) is 1.60. The summed E-state index contributed by atoms with van der Waals surface area (Å²) in [5, 5.41) is 9.41. The second-order valence-corrected chi connectivity index (χ2v) is 6.21. The second kappa shape index (κ2) is 6.98. The highest BCUT2D eigenvalue weighted by Crippen LogP contribution is 2.29. The minimum Gasteiger partial charge on any atom is -0.396 e. The molecule has 22 heavy (non-hydrogen) atoms. The van der Waals surface area contributed by atoms with Crippen molar-refractivity contribution < 1.29 is 23.0 Å². The summed E-state index contributed by atoms with van der Waals surface area (Å²) in [5.74, 6) is 0. The molecule has 1 heterocycles. The van der Waals surface area contributed by atoms with E-state index in [-0.39, 0.29) is 13.2 Å². The van der Waals surface area contributed by atoms with Gasteiger partial charge in [-0.2, -0.15) is 13.2 Å². The van der Waals surface area contributed by atoms with Crippen molar-refractivity contribution in [2.45, 2.75) is 19.5 Å². The third-order valence-corrected chi connectivity index (χ3v) is 3.95. The molecule has 0 radical (unpaired) electrons. The Hall–Kier alpha value is -1.11. The molecular weight excluding hydrogens is 295 g/mol. The van der Waals surface area contributed by atoms with Crippen LogP contribution in [-0.2, 0) is 11.2 Å². The van der Waals surface area contributed by atoms with Crippen LogP contribution >= 0.6 is 0 Å². The number of nitrogens with zero attached hydrogens (tertiary/aromatic N) is 1. The van der Waals surface area contributed by atoms with Crippen molar-refractivity contribution in [3.8, 4) is 0 Å². The maximum Gasteiger partial charge on any atom is 0.401 e. The molecule has 0 unspecified atom stereocenters. The summed E-state index contributed by atoms with van der Waals surface area (Å²) >= 11 is 0. The molecule has 1 saturated heterocycles. The predicted molar refractivity (Wildman–Crippen MR) is 77.7 cm³/mol. The number of aliphatic hydroxyl groups is 1. The van der Waals surface area contributed by atoms with Crippen LogP contribution in [0.2, 0.25) is 0 Å². The van der Waals surface area contributed by atoms with E-state index in [1.165, 1.54) is 4.90 Å². The molecule has 1 aliphatic rings. The number of rotatable bonds is 7. The molecule has 0 amide bonds. The van der Waals surface area contributed by atoms with Gasteiger partial charge in [0.2, 0.25) is 0 Å². The molecule has 0 aliphatic carbocycles. The van der Waals surface area contributed by atoms with Crippen molar-refractivity contribution in [1.29, 1.82) is 0 Å². The Morgan fingerprint density at radius 3 is 2.32 bits per heavy atom. The highest BCUT2D eigenvalue weighted by Gasteiger charge is 2.41. The van der Waals surface area contributed by atoms with Crippen molar-refractivity contribution in [1.82, 2.24) is 4.90 Å². The molecule has 1 aromatic rings. The van der Waals surface area contributed by atoms with E-state index < -0.39 is 18.1 Å². The molecule has 3 nitrogen and oxygen atoms in total. The zero-order valence-electron chi connectivity index (χ0n) is 12.7. The Labute approximate surface area is 128 Å². The maximum atomic E-state index is 12.8. The molecule has 0 saturated carbocycles. The number of benzene rings is 1. The van der Waals surface area contributed by atoms with Crippen molar-refractivity contribution in [2.75, 3.05) is 39.5 Å². The SMILES string of the molecule is Cc1ccc(CCN(CC(F)(F)F)CC2(CO)COC2)cc1. The smallest absolute Gasteiger partial charge is 0.396 e. The van der Waals surface area contributed by atoms with Gasteiger partial charge in [-0.1, -0.05) is 29.8 Å². The van der Waals surface area contributed by atoms with E-state index in [4.69, 9.17) is 4.74 Å². The van der Waals surface area contributed by atoms with Crippen LogP contribution in [0, 0.1) is 12.3 Å². The lowest BCUT2D eigenvalue weighted by Crippen LogP contribution is -2.54. The van der Waals surface area contributed by atoms with Gasteiger partial charge in [0.1, 0.15) is 0 Å². The Morgan fingerprint density at radius 1 is 1.23 bits per heavy atom. The van der Waals surface area contributed by atoms with Crippen LogP contribution in [0.3, 0.4) is 0 Å². The summed E-state index contributed by atoms with van der Waals surface area (Å²) in [6.07, 6.45) is -3.69. The fourth-order valence-corrected chi connectivity index (χ4v) is 2.61. The highest BCUT2D eigenvalue weighted by atomic mass is 19.4. The molecule has 0 bridgehead atoms. The van der Waals surface area contributed by atoms with Crippen LogP contribution in [0.15, 0.2) is 24.3 Å². The molecule has 124 valence electrons. The average molecular weight is 317 g/mol. The summed E-state index contributed by atoms with van der Waals surface area (Å²) < 4.78 is 43.3. The van der Waals surface area contributed by atoms with Gasteiger partial charge in [0.05, 0.1) is 31.8 Å². The minimum absolute atomic E-state index is 0.147. The first-order chi connectivity index (χ1) is 10.3. The zero-order chi connectivity index (χ0) is 16.2. The Kier molecular flexibility index (Phi) is 5.47. The van der Waals surface area contributed by atoms with Crippen molar-refractivity contribution >= 4 is 0 Å². The van der Waals surface area contributed by atoms with Crippen LogP contribution in [0.5, 0.6) is 0 Å². The lowest BCUT2D eigenvalue weighted by molar-refractivity contribution is -0.176. The lowest BCUT2D eigenvalue weighted by Gasteiger charge is -2.43. The first kappa shape index (κ1) is 17.2. The van der Waals surface area contributed by atoms with E-state index in [0.717, 1.165) is 11.1 Å². The largest absolute Gasteiger partial charge is 0.401 e. The molecule has 2 rings (SSSR count). The Morgan fingerprint density at radius 2 is 1.86 bits per heavy atom. The van der Waals surface area contributed by atoms with Gasteiger partial charge in [0.15, 0.2) is 0 Å². The number of ether oxygens (including phenoxy) is 1. The van der Waals surface area contributed by atoms with Crippen molar-refractivity contribution in [2.24, 2.45) is 5.41 Å². The van der Waals surface area contributed by atoms with Crippen LogP contribution in [-0.4, -0.2) is 55.6 Å². The molecule has 0 spiro atoms. The molecule has 1 aliphatic heterocycles. The Balaban J connectivity index is 1.96. The van der Waals surface area contributed by atoms with Crippen LogP contribution < -0.4 is 0 Å². The van der Waals surface area contributed by atoms with E-state index in [1.807, 2.05) is 31.2 Å². The number of aryl methyl sites for hydroxylation is 1. The van der Waals surface area contributed by atoms with E-state index in [2.05, 4.69) is 0 Å². The zero-order valence-corrected chi connectivity index (χ0v) is 12.7. The lowest BCUT2D eigenvalue weighted by atomic mass is 9.86. The third-order valence-electron chi connectivity index (χ3n) is 3.95. The molecular formula is C16H22F3NO2. The molecule has 0 aromatic heterocycles. The molecule has 0 atom stereocenters. The fraction of sp³-hybridized carbons (Fsp3) is 0.625. The van der Waals surface area contributed by atoms with Gasteiger partial charge in [0, 0.05) is 13.1 Å². The molecule has 1 fully saturated rings. The second-order valence-electron chi connectivity index (χ2n) is 6.21. The summed E-state index contributed by atoms with van der Waals surface area (Å²) in [6.45, 7) is 2.03. The summed E-state index contributed by atoms with van der Waals surface area (Å²) in [7, 11) is 0. The minimum atomic E-state index is -4.24. The first-order valence-electron chi connectivity index (χ1n) is 7.35. The monoisotopic (exact) mass is 317 g/mol. The highest BCUT2D eigenvalue weighted by molar-refractivity contribution is 5.21. The number of aliphatic hydroxyl groups excluding tert-OH is 1. The van der Waals surface area contributed by atoms with Crippen LogP contribution in [0.4, 0.5) is 13.2 Å². The first-order valence-corrected chi connectivity index (χ1v) is 7.35. The van der Waals surface area contributed by atoms with Gasteiger partial charge < -0.3 is 9.84 Å². The average Bonchev–Trinajstić information content (AvgIpc) is 2.40. The number of hydrogen-bond donors (Lipinski definition) is 1. The van der Waals surface area contributed by atoms with Gasteiger partial charge in [0.25, 0.3) is 0 Å². The normalized spacial score (nSPS) is 17.5. The number of hydrogen-bond acceptors (Lipinski definition) is 3. The van der Waals surface area contributed by atoms with Crippen LogP contribution in [0.25, 0.3) is 0 Å². The quantitative estimate of drug-likeness (QED) is 0.838. The standard InChI is InChI=1S/C16H22F3NO2/c1-13-2-4-14(5-3-13)6-7-20(9-16(17,18)19)8-15(10-21)11-22-12-15/h2-5,21H,6-12H2,1H3. The van der Waals surface area contributed by atoms with Gasteiger partial charge >= 0.3 is 6.18 Å².